The Morgan fingerprint density at radius 1 is 1.47 bits per heavy atom. The third-order valence-corrected chi connectivity index (χ3v) is 4.58. The van der Waals surface area contributed by atoms with E-state index < -0.39 is 0 Å². The molecule has 0 radical (unpaired) electrons. The van der Waals surface area contributed by atoms with Crippen LogP contribution in [0.3, 0.4) is 0 Å². The quantitative estimate of drug-likeness (QED) is 0.850. The minimum atomic E-state index is -0.0104. The second kappa shape index (κ2) is 4.13. The summed E-state index contributed by atoms with van der Waals surface area (Å²) in [6, 6.07) is 0. The van der Waals surface area contributed by atoms with Crippen molar-refractivity contribution in [2.75, 3.05) is 7.05 Å². The van der Waals surface area contributed by atoms with Gasteiger partial charge in [0.15, 0.2) is 0 Å². The van der Waals surface area contributed by atoms with E-state index in [9.17, 15) is 0 Å². The maximum atomic E-state index is 4.33. The normalized spacial score (nSPS) is 18.7. The Labute approximate surface area is 105 Å². The van der Waals surface area contributed by atoms with Crippen LogP contribution >= 0.6 is 0 Å². The van der Waals surface area contributed by atoms with Gasteiger partial charge >= 0.3 is 0 Å². The van der Waals surface area contributed by atoms with Gasteiger partial charge in [-0.2, -0.15) is 0 Å². The van der Waals surface area contributed by atoms with Gasteiger partial charge in [-0.05, 0) is 45.1 Å². The van der Waals surface area contributed by atoms with Crippen LogP contribution in [0.4, 0.5) is 0 Å². The summed E-state index contributed by atoms with van der Waals surface area (Å²) in [4.78, 5) is 4.33. The Morgan fingerprint density at radius 2 is 2.12 bits per heavy atom. The van der Waals surface area contributed by atoms with Crippen LogP contribution in [-0.4, -0.2) is 16.6 Å². The summed E-state index contributed by atoms with van der Waals surface area (Å²) < 4.78 is 2.34. The minimum absolute atomic E-state index is 0.0104. The lowest BCUT2D eigenvalue weighted by Crippen LogP contribution is -2.36. The lowest BCUT2D eigenvalue weighted by molar-refractivity contribution is 0.292. The first kappa shape index (κ1) is 12.6. The van der Waals surface area contributed by atoms with Crippen molar-refractivity contribution in [2.45, 2.75) is 52.6 Å². The monoisotopic (exact) mass is 235 g/mol. The van der Waals surface area contributed by atoms with Crippen LogP contribution in [0.5, 0.6) is 0 Å². The zero-order valence-corrected chi connectivity index (χ0v) is 11.7. The summed E-state index contributed by atoms with van der Waals surface area (Å²) in [6.45, 7) is 10.2. The molecule has 0 saturated heterocycles. The Balaban J connectivity index is 2.21. The molecule has 1 aromatic rings. The van der Waals surface area contributed by atoms with Gasteiger partial charge in [-0.15, -0.1) is 0 Å². The molecule has 0 spiro atoms. The molecule has 1 aliphatic carbocycles. The fourth-order valence-corrected chi connectivity index (χ4v) is 2.51. The second-order valence-electron chi connectivity index (χ2n) is 6.30. The highest BCUT2D eigenvalue weighted by Crippen LogP contribution is 2.53. The smallest absolute Gasteiger partial charge is 0.0948 e. The average molecular weight is 235 g/mol. The second-order valence-corrected chi connectivity index (χ2v) is 6.30. The maximum absolute atomic E-state index is 4.33. The molecule has 0 unspecified atom stereocenters. The molecule has 0 aromatic carbocycles. The highest BCUT2D eigenvalue weighted by atomic mass is 15.1. The molecular weight excluding hydrogens is 210 g/mol. The average Bonchev–Trinajstić information content (AvgIpc) is 2.89. The van der Waals surface area contributed by atoms with Crippen molar-refractivity contribution < 1.29 is 0 Å². The van der Waals surface area contributed by atoms with Crippen molar-refractivity contribution in [3.05, 3.63) is 18.2 Å². The van der Waals surface area contributed by atoms with Crippen molar-refractivity contribution in [2.24, 2.45) is 11.3 Å². The summed E-state index contributed by atoms with van der Waals surface area (Å²) in [5.74, 6) is 0.760. The van der Waals surface area contributed by atoms with Crippen molar-refractivity contribution in [3.63, 3.8) is 0 Å². The fourth-order valence-electron chi connectivity index (χ4n) is 2.51. The summed E-state index contributed by atoms with van der Waals surface area (Å²) in [6.07, 6.45) is 6.70. The Morgan fingerprint density at radius 3 is 2.59 bits per heavy atom. The van der Waals surface area contributed by atoms with Crippen molar-refractivity contribution in [1.29, 1.82) is 0 Å². The molecule has 1 saturated carbocycles. The maximum Gasteiger partial charge on any atom is 0.0948 e. The van der Waals surface area contributed by atoms with Gasteiger partial charge in [-0.25, -0.2) is 4.98 Å². The number of hydrogen-bond donors (Lipinski definition) is 1. The number of rotatable bonds is 5. The van der Waals surface area contributed by atoms with Gasteiger partial charge in [-0.1, -0.05) is 13.8 Å². The number of imidazole rings is 1. The van der Waals surface area contributed by atoms with E-state index in [1.807, 2.05) is 19.6 Å². The highest BCUT2D eigenvalue weighted by Gasteiger charge is 2.46. The Hall–Kier alpha value is -0.830. The largest absolute Gasteiger partial charge is 0.332 e. The van der Waals surface area contributed by atoms with Crippen LogP contribution < -0.4 is 5.32 Å². The molecule has 3 nitrogen and oxygen atoms in total. The molecule has 0 amide bonds. The lowest BCUT2D eigenvalue weighted by Gasteiger charge is -2.28. The van der Waals surface area contributed by atoms with E-state index in [1.165, 1.54) is 18.5 Å². The summed E-state index contributed by atoms with van der Waals surface area (Å²) in [7, 11) is 2.01. The van der Waals surface area contributed by atoms with E-state index in [-0.39, 0.29) is 5.54 Å². The Kier molecular flexibility index (Phi) is 3.06. The summed E-state index contributed by atoms with van der Waals surface area (Å²) in [5.41, 5.74) is 1.80. The third kappa shape index (κ3) is 2.25. The molecule has 1 fully saturated rings. The number of aromatic nitrogens is 2. The lowest BCUT2D eigenvalue weighted by atomic mass is 9.91. The predicted molar refractivity (Wildman–Crippen MR) is 70.8 cm³/mol. The Bertz CT molecular complexity index is 386. The van der Waals surface area contributed by atoms with Crippen molar-refractivity contribution >= 4 is 0 Å². The van der Waals surface area contributed by atoms with Crippen LogP contribution in [0.1, 0.15) is 46.2 Å². The van der Waals surface area contributed by atoms with Crippen LogP contribution in [-0.2, 0) is 12.1 Å². The standard InChI is InChI=1S/C14H25N3/c1-11(2)14(6-7-14)9-17-10-16-8-12(17)13(3,4)15-5/h8,10-11,15H,6-7,9H2,1-5H3. The first-order valence-electron chi connectivity index (χ1n) is 6.61. The van der Waals surface area contributed by atoms with Gasteiger partial charge in [0.2, 0.25) is 0 Å². The molecule has 1 heterocycles. The first-order chi connectivity index (χ1) is 7.91. The number of nitrogens with zero attached hydrogens (tertiary/aromatic N) is 2. The molecule has 96 valence electrons. The molecule has 0 bridgehead atoms. The molecular formula is C14H25N3. The van der Waals surface area contributed by atoms with Crippen LogP contribution in [0, 0.1) is 11.3 Å². The fraction of sp³-hybridized carbons (Fsp3) is 0.786. The molecule has 0 atom stereocenters. The van der Waals surface area contributed by atoms with Gasteiger partial charge in [0, 0.05) is 12.7 Å². The number of hydrogen-bond acceptors (Lipinski definition) is 2. The van der Waals surface area contributed by atoms with Gasteiger partial charge in [0.1, 0.15) is 0 Å². The van der Waals surface area contributed by atoms with E-state index >= 15 is 0 Å². The minimum Gasteiger partial charge on any atom is -0.332 e. The molecule has 0 aliphatic heterocycles. The van der Waals surface area contributed by atoms with E-state index in [4.69, 9.17) is 0 Å². The van der Waals surface area contributed by atoms with Gasteiger partial charge in [0.05, 0.1) is 17.6 Å². The molecule has 1 aromatic heterocycles. The van der Waals surface area contributed by atoms with Crippen molar-refractivity contribution in [3.8, 4) is 0 Å². The van der Waals surface area contributed by atoms with Crippen LogP contribution in [0.25, 0.3) is 0 Å². The van der Waals surface area contributed by atoms with E-state index in [0.717, 1.165) is 12.5 Å². The molecule has 2 rings (SSSR count). The SMILES string of the molecule is CNC(C)(C)c1cncn1CC1(C(C)C)CC1. The van der Waals surface area contributed by atoms with Gasteiger partial charge in [-0.3, -0.25) is 0 Å². The van der Waals surface area contributed by atoms with E-state index in [0.29, 0.717) is 5.41 Å². The zero-order valence-electron chi connectivity index (χ0n) is 11.7. The summed E-state index contributed by atoms with van der Waals surface area (Å²) in [5, 5.41) is 3.36. The van der Waals surface area contributed by atoms with E-state index in [2.05, 4.69) is 42.6 Å². The summed E-state index contributed by atoms with van der Waals surface area (Å²) >= 11 is 0. The highest BCUT2D eigenvalue weighted by molar-refractivity contribution is 5.12. The van der Waals surface area contributed by atoms with E-state index in [1.54, 1.807) is 0 Å². The predicted octanol–water partition coefficient (Wildman–Crippen LogP) is 2.77. The molecule has 3 heteroatoms. The third-order valence-electron chi connectivity index (χ3n) is 4.58. The molecule has 17 heavy (non-hydrogen) atoms. The molecule has 1 N–H and O–H groups in total. The zero-order chi connectivity index (χ0) is 12.7. The van der Waals surface area contributed by atoms with Gasteiger partial charge in [0.25, 0.3) is 0 Å². The van der Waals surface area contributed by atoms with Crippen molar-refractivity contribution in [1.82, 2.24) is 14.9 Å². The number of nitrogens with one attached hydrogen (secondary N) is 1. The van der Waals surface area contributed by atoms with Crippen LogP contribution in [0.2, 0.25) is 0 Å². The first-order valence-corrected chi connectivity index (χ1v) is 6.61. The van der Waals surface area contributed by atoms with Gasteiger partial charge < -0.3 is 9.88 Å². The molecule has 1 aliphatic rings. The van der Waals surface area contributed by atoms with Crippen LogP contribution in [0.15, 0.2) is 12.5 Å². The topological polar surface area (TPSA) is 29.9 Å².